The van der Waals surface area contributed by atoms with Gasteiger partial charge in [-0.15, -0.1) is 0 Å². The highest BCUT2D eigenvalue weighted by molar-refractivity contribution is 5.74. The Labute approximate surface area is 161 Å². The van der Waals surface area contributed by atoms with Crippen molar-refractivity contribution in [2.75, 3.05) is 13.2 Å². The average molecular weight is 386 g/mol. The number of nitrogens with one attached hydrogen (secondary N) is 2. The van der Waals surface area contributed by atoms with Gasteiger partial charge in [0.2, 0.25) is 0 Å². The van der Waals surface area contributed by atoms with E-state index in [-0.39, 0.29) is 24.7 Å². The molecule has 0 fully saturated rings. The van der Waals surface area contributed by atoms with E-state index in [1.165, 1.54) is 24.3 Å². The molecule has 0 aliphatic heterocycles. The fourth-order valence-corrected chi connectivity index (χ4v) is 2.68. The van der Waals surface area contributed by atoms with E-state index >= 15 is 0 Å². The van der Waals surface area contributed by atoms with Gasteiger partial charge in [0, 0.05) is 19.4 Å². The average Bonchev–Trinajstić information content (AvgIpc) is 3.11. The zero-order valence-electron chi connectivity index (χ0n) is 15.2. The molecule has 8 heteroatoms. The number of ether oxygens (including phenoxy) is 1. The number of benzene rings is 2. The molecule has 28 heavy (non-hydrogen) atoms. The van der Waals surface area contributed by atoms with Crippen LogP contribution in [-0.4, -0.2) is 28.7 Å². The first-order chi connectivity index (χ1) is 13.5. The highest BCUT2D eigenvalue weighted by atomic mass is 19.1. The van der Waals surface area contributed by atoms with Crippen LogP contribution >= 0.6 is 0 Å². The van der Waals surface area contributed by atoms with Crippen molar-refractivity contribution in [2.24, 2.45) is 7.05 Å². The second-order valence-electron chi connectivity index (χ2n) is 6.06. The third-order valence-electron chi connectivity index (χ3n) is 4.08. The Balaban J connectivity index is 1.59. The molecule has 0 radical (unpaired) electrons. The lowest BCUT2D eigenvalue weighted by molar-refractivity contribution is 0.233. The van der Waals surface area contributed by atoms with Crippen LogP contribution in [0.2, 0.25) is 0 Å². The van der Waals surface area contributed by atoms with Crippen LogP contribution in [0.5, 0.6) is 5.75 Å². The van der Waals surface area contributed by atoms with Crippen LogP contribution in [0.1, 0.15) is 17.4 Å². The topological polar surface area (TPSA) is 68.2 Å². The number of rotatable bonds is 7. The number of amides is 2. The molecule has 1 heterocycles. The maximum Gasteiger partial charge on any atom is 0.315 e. The number of urea groups is 1. The molecule has 2 N–H and O–H groups in total. The maximum absolute atomic E-state index is 13.5. The van der Waals surface area contributed by atoms with Gasteiger partial charge in [-0.05, 0) is 29.8 Å². The summed E-state index contributed by atoms with van der Waals surface area (Å²) in [4.78, 5) is 16.6. The van der Waals surface area contributed by atoms with E-state index in [0.717, 1.165) is 0 Å². The molecular formula is C20H20F2N4O2. The van der Waals surface area contributed by atoms with Gasteiger partial charge in [0.25, 0.3) is 0 Å². The maximum atomic E-state index is 13.5. The van der Waals surface area contributed by atoms with Gasteiger partial charge in [-0.1, -0.05) is 24.3 Å². The Morgan fingerprint density at radius 1 is 1.18 bits per heavy atom. The summed E-state index contributed by atoms with van der Waals surface area (Å²) in [5.74, 6) is -0.0959. The Morgan fingerprint density at radius 3 is 2.61 bits per heavy atom. The standard InChI is InChI=1S/C20H20F2N4O2/c1-26-12-10-23-19(26)18(14-6-8-15(21)9-7-14)25-20(27)24-11-13-28-17-5-3-2-4-16(17)22/h2-10,12,18H,11,13H2,1H3,(H2,24,25,27)/t18-/m1/s1. The Kier molecular flexibility index (Phi) is 6.21. The largest absolute Gasteiger partial charge is 0.489 e. The van der Waals surface area contributed by atoms with Crippen LogP contribution in [0.25, 0.3) is 0 Å². The molecule has 1 aromatic heterocycles. The zero-order valence-corrected chi connectivity index (χ0v) is 15.2. The van der Waals surface area contributed by atoms with Crippen LogP contribution in [0.4, 0.5) is 13.6 Å². The summed E-state index contributed by atoms with van der Waals surface area (Å²) in [6, 6.07) is 10.9. The molecule has 3 rings (SSSR count). The molecule has 6 nitrogen and oxygen atoms in total. The van der Waals surface area contributed by atoms with Crippen molar-refractivity contribution in [3.8, 4) is 5.75 Å². The van der Waals surface area contributed by atoms with Crippen LogP contribution in [-0.2, 0) is 7.05 Å². The van der Waals surface area contributed by atoms with Gasteiger partial charge < -0.3 is 19.9 Å². The van der Waals surface area contributed by atoms with E-state index in [2.05, 4.69) is 15.6 Å². The van der Waals surface area contributed by atoms with Gasteiger partial charge in [0.15, 0.2) is 11.6 Å². The number of aryl methyl sites for hydroxylation is 1. The molecule has 0 unspecified atom stereocenters. The number of nitrogens with zero attached hydrogens (tertiary/aromatic N) is 2. The van der Waals surface area contributed by atoms with Crippen molar-refractivity contribution >= 4 is 6.03 Å². The lowest BCUT2D eigenvalue weighted by atomic mass is 10.1. The quantitative estimate of drug-likeness (QED) is 0.613. The summed E-state index contributed by atoms with van der Waals surface area (Å²) < 4.78 is 33.8. The fourth-order valence-electron chi connectivity index (χ4n) is 2.68. The van der Waals surface area contributed by atoms with E-state index in [4.69, 9.17) is 4.74 Å². The lowest BCUT2D eigenvalue weighted by Gasteiger charge is -2.19. The first-order valence-corrected chi connectivity index (χ1v) is 8.69. The van der Waals surface area contributed by atoms with Gasteiger partial charge >= 0.3 is 6.03 Å². The number of imidazole rings is 1. The minimum Gasteiger partial charge on any atom is -0.489 e. The van der Waals surface area contributed by atoms with E-state index < -0.39 is 17.9 Å². The number of carbonyl (C=O) groups is 1. The summed E-state index contributed by atoms with van der Waals surface area (Å²) in [5.41, 5.74) is 0.688. The Hall–Kier alpha value is -3.42. The number of para-hydroxylation sites is 1. The molecule has 0 saturated carbocycles. The first-order valence-electron chi connectivity index (χ1n) is 8.69. The van der Waals surface area contributed by atoms with E-state index in [0.29, 0.717) is 11.4 Å². The lowest BCUT2D eigenvalue weighted by Crippen LogP contribution is -2.40. The summed E-state index contributed by atoms with van der Waals surface area (Å²) in [7, 11) is 1.81. The number of halogens is 2. The molecule has 3 aromatic rings. The predicted molar refractivity (Wildman–Crippen MR) is 99.9 cm³/mol. The summed E-state index contributed by atoms with van der Waals surface area (Å²) in [5, 5.41) is 5.48. The van der Waals surface area contributed by atoms with Crippen molar-refractivity contribution in [1.29, 1.82) is 0 Å². The van der Waals surface area contributed by atoms with Crippen molar-refractivity contribution in [1.82, 2.24) is 20.2 Å². The van der Waals surface area contributed by atoms with Crippen LogP contribution in [0.15, 0.2) is 60.9 Å². The van der Waals surface area contributed by atoms with Gasteiger partial charge in [-0.2, -0.15) is 0 Å². The molecular weight excluding hydrogens is 366 g/mol. The van der Waals surface area contributed by atoms with E-state index in [1.807, 2.05) is 0 Å². The minimum atomic E-state index is -0.562. The predicted octanol–water partition coefficient (Wildman–Crippen LogP) is 3.17. The minimum absolute atomic E-state index is 0.109. The smallest absolute Gasteiger partial charge is 0.315 e. The summed E-state index contributed by atoms with van der Waals surface area (Å²) in [6.07, 6.45) is 3.38. The van der Waals surface area contributed by atoms with Crippen LogP contribution < -0.4 is 15.4 Å². The molecule has 1 atom stereocenters. The van der Waals surface area contributed by atoms with E-state index in [9.17, 15) is 13.6 Å². The fraction of sp³-hybridized carbons (Fsp3) is 0.200. The number of carbonyl (C=O) groups excluding carboxylic acids is 1. The SMILES string of the molecule is Cn1ccnc1[C@H](NC(=O)NCCOc1ccccc1F)c1ccc(F)cc1. The number of aromatic nitrogens is 2. The Bertz CT molecular complexity index is 928. The van der Waals surface area contributed by atoms with Gasteiger partial charge in [0.05, 0.1) is 6.54 Å². The molecule has 0 aliphatic rings. The first kappa shape index (κ1) is 19.3. The monoisotopic (exact) mass is 386 g/mol. The third-order valence-corrected chi connectivity index (χ3v) is 4.08. The molecule has 2 aromatic carbocycles. The van der Waals surface area contributed by atoms with Gasteiger partial charge in [-0.3, -0.25) is 0 Å². The van der Waals surface area contributed by atoms with Crippen LogP contribution in [0.3, 0.4) is 0 Å². The van der Waals surface area contributed by atoms with Crippen LogP contribution in [0, 0.1) is 11.6 Å². The second-order valence-corrected chi connectivity index (χ2v) is 6.06. The zero-order chi connectivity index (χ0) is 19.9. The molecule has 0 spiro atoms. The third kappa shape index (κ3) is 4.85. The molecule has 0 aliphatic carbocycles. The highest BCUT2D eigenvalue weighted by Gasteiger charge is 2.20. The van der Waals surface area contributed by atoms with Crippen molar-refractivity contribution < 1.29 is 18.3 Å². The summed E-state index contributed by atoms with van der Waals surface area (Å²) >= 11 is 0. The molecule has 0 saturated heterocycles. The van der Waals surface area contributed by atoms with Crippen molar-refractivity contribution in [3.05, 3.63) is 83.9 Å². The molecule has 146 valence electrons. The van der Waals surface area contributed by atoms with Crippen molar-refractivity contribution in [3.63, 3.8) is 0 Å². The second kappa shape index (κ2) is 8.98. The number of hydrogen-bond donors (Lipinski definition) is 2. The molecule has 0 bridgehead atoms. The normalized spacial score (nSPS) is 11.7. The van der Waals surface area contributed by atoms with Crippen molar-refractivity contribution in [2.45, 2.75) is 6.04 Å². The van der Waals surface area contributed by atoms with E-state index in [1.54, 1.807) is 48.3 Å². The highest BCUT2D eigenvalue weighted by Crippen LogP contribution is 2.20. The Morgan fingerprint density at radius 2 is 1.93 bits per heavy atom. The number of hydrogen-bond acceptors (Lipinski definition) is 3. The van der Waals surface area contributed by atoms with Gasteiger partial charge in [-0.25, -0.2) is 18.6 Å². The van der Waals surface area contributed by atoms with Gasteiger partial charge in [0.1, 0.15) is 24.3 Å². The molecule has 2 amide bonds. The summed E-state index contributed by atoms with van der Waals surface area (Å²) in [6.45, 7) is 0.287.